The molecule has 1 aromatic heterocycles. The minimum atomic E-state index is 0.0723. The molecule has 2 heterocycles. The van der Waals surface area contributed by atoms with Crippen molar-refractivity contribution >= 4 is 46.4 Å². The Kier molecular flexibility index (Phi) is 5.01. The molecule has 4 rings (SSSR count). The maximum Gasteiger partial charge on any atom is 0.267 e. The van der Waals surface area contributed by atoms with Crippen LogP contribution in [0.25, 0.3) is 0 Å². The van der Waals surface area contributed by atoms with Gasteiger partial charge in [0.15, 0.2) is 0 Å². The lowest BCUT2D eigenvalue weighted by Gasteiger charge is -2.17. The minimum absolute atomic E-state index is 0.0723. The third-order valence-electron chi connectivity index (χ3n) is 4.34. The largest absolute Gasteiger partial charge is 0.337 e. The zero-order valence-electron chi connectivity index (χ0n) is 14.3. The summed E-state index contributed by atoms with van der Waals surface area (Å²) in [6, 6.07) is 11.3. The quantitative estimate of drug-likeness (QED) is 0.640. The number of anilines is 3. The number of halogens is 2. The molecule has 6 nitrogen and oxygen atoms in total. The maximum absolute atomic E-state index is 11.4. The van der Waals surface area contributed by atoms with E-state index in [1.165, 1.54) is 11.1 Å². The average molecular weight is 403 g/mol. The first kappa shape index (κ1) is 17.8. The van der Waals surface area contributed by atoms with E-state index >= 15 is 0 Å². The lowest BCUT2D eigenvalue weighted by molar-refractivity contribution is -0.116. The SMILES string of the molecule is O=C1CCc2cc(CCc3nc(Nc4ccc(Cl)c(Cl)c4)no3)ccc2N1. The third kappa shape index (κ3) is 4.23. The predicted octanol–water partition coefficient (Wildman–Crippen LogP) is 4.79. The summed E-state index contributed by atoms with van der Waals surface area (Å²) in [7, 11) is 0. The van der Waals surface area contributed by atoms with Crippen molar-refractivity contribution in [1.82, 2.24) is 10.1 Å². The maximum atomic E-state index is 11.4. The molecule has 0 bridgehead atoms. The molecule has 0 atom stereocenters. The number of fused-ring (bicyclic) bond motifs is 1. The van der Waals surface area contributed by atoms with Gasteiger partial charge in [0, 0.05) is 24.2 Å². The molecule has 2 aromatic carbocycles. The molecule has 138 valence electrons. The second kappa shape index (κ2) is 7.58. The van der Waals surface area contributed by atoms with Crippen LogP contribution in [0, 0.1) is 0 Å². The van der Waals surface area contributed by atoms with Gasteiger partial charge in [-0.3, -0.25) is 4.79 Å². The first-order chi connectivity index (χ1) is 13.1. The Morgan fingerprint density at radius 2 is 1.96 bits per heavy atom. The van der Waals surface area contributed by atoms with Crippen LogP contribution in [0.1, 0.15) is 23.4 Å². The molecule has 0 aliphatic carbocycles. The predicted molar refractivity (Wildman–Crippen MR) is 105 cm³/mol. The van der Waals surface area contributed by atoms with Gasteiger partial charge in [0.05, 0.1) is 10.0 Å². The van der Waals surface area contributed by atoms with Crippen molar-refractivity contribution < 1.29 is 9.32 Å². The van der Waals surface area contributed by atoms with Gasteiger partial charge in [0.25, 0.3) is 5.95 Å². The number of carbonyl (C=O) groups excluding carboxylic acids is 1. The van der Waals surface area contributed by atoms with Gasteiger partial charge in [-0.05, 0) is 53.4 Å². The highest BCUT2D eigenvalue weighted by Crippen LogP contribution is 2.27. The lowest BCUT2D eigenvalue weighted by Crippen LogP contribution is -2.19. The Morgan fingerprint density at radius 1 is 1.07 bits per heavy atom. The number of amides is 1. The summed E-state index contributed by atoms with van der Waals surface area (Å²) < 4.78 is 5.30. The Morgan fingerprint density at radius 3 is 2.81 bits per heavy atom. The van der Waals surface area contributed by atoms with E-state index in [0.717, 1.165) is 24.2 Å². The first-order valence-electron chi connectivity index (χ1n) is 8.53. The third-order valence-corrected chi connectivity index (χ3v) is 5.08. The smallest absolute Gasteiger partial charge is 0.267 e. The number of aryl methyl sites for hydroxylation is 3. The molecular formula is C19H16Cl2N4O2. The molecule has 2 N–H and O–H groups in total. The van der Waals surface area contributed by atoms with Gasteiger partial charge in [0.2, 0.25) is 11.8 Å². The van der Waals surface area contributed by atoms with E-state index in [1.54, 1.807) is 18.2 Å². The van der Waals surface area contributed by atoms with Gasteiger partial charge in [-0.2, -0.15) is 4.98 Å². The fourth-order valence-electron chi connectivity index (χ4n) is 2.95. The van der Waals surface area contributed by atoms with Crippen LogP contribution in [0.3, 0.4) is 0 Å². The Hall–Kier alpha value is -2.57. The van der Waals surface area contributed by atoms with Gasteiger partial charge >= 0.3 is 0 Å². The van der Waals surface area contributed by atoms with E-state index in [-0.39, 0.29) is 5.91 Å². The molecule has 1 aliphatic heterocycles. The summed E-state index contributed by atoms with van der Waals surface area (Å²) in [6.45, 7) is 0. The van der Waals surface area contributed by atoms with Crippen LogP contribution in [0.2, 0.25) is 10.0 Å². The van der Waals surface area contributed by atoms with E-state index in [2.05, 4.69) is 26.8 Å². The monoisotopic (exact) mass is 402 g/mol. The van der Waals surface area contributed by atoms with Crippen LogP contribution < -0.4 is 10.6 Å². The second-order valence-electron chi connectivity index (χ2n) is 6.31. The van der Waals surface area contributed by atoms with Crippen molar-refractivity contribution in [2.24, 2.45) is 0 Å². The van der Waals surface area contributed by atoms with Crippen molar-refractivity contribution in [2.45, 2.75) is 25.7 Å². The highest BCUT2D eigenvalue weighted by molar-refractivity contribution is 6.42. The molecule has 0 saturated carbocycles. The van der Waals surface area contributed by atoms with Gasteiger partial charge in [0.1, 0.15) is 0 Å². The van der Waals surface area contributed by atoms with E-state index in [1.807, 2.05) is 12.1 Å². The fraction of sp³-hybridized carbons (Fsp3) is 0.211. The van der Waals surface area contributed by atoms with Crippen molar-refractivity contribution in [1.29, 1.82) is 0 Å². The molecule has 0 saturated heterocycles. The van der Waals surface area contributed by atoms with Crippen molar-refractivity contribution in [3.05, 3.63) is 63.5 Å². The van der Waals surface area contributed by atoms with Crippen LogP contribution in [0.15, 0.2) is 40.9 Å². The Bertz CT molecular complexity index is 1000. The summed E-state index contributed by atoms with van der Waals surface area (Å²) in [5.74, 6) is 0.989. The molecular weight excluding hydrogens is 387 g/mol. The summed E-state index contributed by atoms with van der Waals surface area (Å²) in [6.07, 6.45) is 2.70. The molecule has 3 aromatic rings. The molecule has 1 amide bonds. The molecule has 1 aliphatic rings. The summed E-state index contributed by atoms with van der Waals surface area (Å²) in [5, 5.41) is 10.8. The molecule has 0 fully saturated rings. The lowest BCUT2D eigenvalue weighted by atomic mass is 9.98. The summed E-state index contributed by atoms with van der Waals surface area (Å²) in [5.41, 5.74) is 3.97. The summed E-state index contributed by atoms with van der Waals surface area (Å²) in [4.78, 5) is 15.8. The van der Waals surface area contributed by atoms with Crippen molar-refractivity contribution in [2.75, 3.05) is 10.6 Å². The molecule has 8 heteroatoms. The molecule has 0 spiro atoms. The minimum Gasteiger partial charge on any atom is -0.337 e. The Balaban J connectivity index is 1.38. The molecule has 27 heavy (non-hydrogen) atoms. The fourth-order valence-corrected chi connectivity index (χ4v) is 3.25. The van der Waals surface area contributed by atoms with Gasteiger partial charge in [-0.15, -0.1) is 0 Å². The number of hydrogen-bond acceptors (Lipinski definition) is 5. The van der Waals surface area contributed by atoms with Crippen LogP contribution in [-0.2, 0) is 24.1 Å². The number of benzene rings is 2. The molecule has 0 unspecified atom stereocenters. The van der Waals surface area contributed by atoms with Crippen LogP contribution in [0.5, 0.6) is 0 Å². The highest BCUT2D eigenvalue weighted by atomic mass is 35.5. The molecule has 0 radical (unpaired) electrons. The Labute approximate surface area is 165 Å². The number of aromatic nitrogens is 2. The average Bonchev–Trinajstić information content (AvgIpc) is 3.10. The standard InChI is InChI=1S/C19H16Cl2N4O2/c20-14-5-4-13(10-15(14)21)22-19-24-18(27-25-19)8-2-11-1-6-16-12(9-11)3-7-17(26)23-16/h1,4-6,9-10H,2-3,7-8H2,(H,22,25)(H,23,26). The van der Waals surface area contributed by atoms with Crippen LogP contribution in [-0.4, -0.2) is 16.0 Å². The van der Waals surface area contributed by atoms with Crippen LogP contribution in [0.4, 0.5) is 17.3 Å². The second-order valence-corrected chi connectivity index (χ2v) is 7.12. The van der Waals surface area contributed by atoms with E-state index in [0.29, 0.717) is 34.7 Å². The zero-order chi connectivity index (χ0) is 18.8. The highest BCUT2D eigenvalue weighted by Gasteiger charge is 2.15. The number of hydrogen-bond donors (Lipinski definition) is 2. The van der Waals surface area contributed by atoms with E-state index < -0.39 is 0 Å². The number of rotatable bonds is 5. The van der Waals surface area contributed by atoms with Crippen LogP contribution >= 0.6 is 23.2 Å². The topological polar surface area (TPSA) is 80.1 Å². The van der Waals surface area contributed by atoms with Crippen molar-refractivity contribution in [3.8, 4) is 0 Å². The number of nitrogens with zero attached hydrogens (tertiary/aromatic N) is 2. The first-order valence-corrected chi connectivity index (χ1v) is 9.29. The van der Waals surface area contributed by atoms with E-state index in [4.69, 9.17) is 27.7 Å². The normalized spacial score (nSPS) is 13.2. The van der Waals surface area contributed by atoms with Gasteiger partial charge in [-0.1, -0.05) is 35.3 Å². The number of carbonyl (C=O) groups is 1. The van der Waals surface area contributed by atoms with Gasteiger partial charge in [-0.25, -0.2) is 0 Å². The van der Waals surface area contributed by atoms with Crippen molar-refractivity contribution in [3.63, 3.8) is 0 Å². The number of nitrogens with one attached hydrogen (secondary N) is 2. The zero-order valence-corrected chi connectivity index (χ0v) is 15.8. The van der Waals surface area contributed by atoms with E-state index in [9.17, 15) is 4.79 Å². The summed E-state index contributed by atoms with van der Waals surface area (Å²) >= 11 is 11.9. The van der Waals surface area contributed by atoms with Gasteiger partial charge < -0.3 is 15.2 Å².